The molecule has 0 saturated heterocycles. The molecule has 1 N–H and O–H groups in total. The Kier molecular flexibility index (Phi) is 4.36. The highest BCUT2D eigenvalue weighted by Gasteiger charge is 2.20. The maximum Gasteiger partial charge on any atom is 0.299 e. The fourth-order valence-corrected chi connectivity index (χ4v) is 2.71. The first-order valence-electron chi connectivity index (χ1n) is 5.75. The lowest BCUT2D eigenvalue weighted by Gasteiger charge is -2.03. The van der Waals surface area contributed by atoms with Crippen LogP contribution in [0.25, 0.3) is 0 Å². The van der Waals surface area contributed by atoms with Gasteiger partial charge in [-0.25, -0.2) is 0 Å². The maximum absolute atomic E-state index is 11.9. The van der Waals surface area contributed by atoms with E-state index in [9.17, 15) is 14.9 Å². The largest absolute Gasteiger partial charge is 0.347 e. The van der Waals surface area contributed by atoms with Gasteiger partial charge in [0.05, 0.1) is 4.92 Å². The van der Waals surface area contributed by atoms with E-state index in [-0.39, 0.29) is 20.8 Å². The summed E-state index contributed by atoms with van der Waals surface area (Å²) in [5.41, 5.74) is 1.86. The van der Waals surface area contributed by atoms with Gasteiger partial charge >= 0.3 is 0 Å². The molecule has 1 amide bonds. The molecule has 104 valence electrons. The molecule has 0 spiro atoms. The van der Waals surface area contributed by atoms with E-state index in [1.165, 1.54) is 6.07 Å². The summed E-state index contributed by atoms with van der Waals surface area (Å²) in [4.78, 5) is 22.2. The molecular weight excluding hydrogens is 300 g/mol. The van der Waals surface area contributed by atoms with E-state index in [1.807, 2.05) is 31.2 Å². The third kappa shape index (κ3) is 3.34. The number of hydrogen-bond donors (Lipinski definition) is 1. The molecule has 7 heteroatoms. The van der Waals surface area contributed by atoms with E-state index < -0.39 is 4.92 Å². The van der Waals surface area contributed by atoms with Gasteiger partial charge in [0.2, 0.25) is 0 Å². The summed E-state index contributed by atoms with van der Waals surface area (Å²) in [6.45, 7) is 2.34. The van der Waals surface area contributed by atoms with Gasteiger partial charge in [-0.15, -0.1) is 11.3 Å². The molecule has 0 aliphatic heterocycles. The van der Waals surface area contributed by atoms with Crippen molar-refractivity contribution < 1.29 is 9.72 Å². The Bertz CT molecular complexity index is 652. The SMILES string of the molecule is Cc1ccc(CNC(=O)c2cc([N+](=O)[O-])c(Cl)s2)cc1. The maximum atomic E-state index is 11.9. The number of rotatable bonds is 4. The Hall–Kier alpha value is -1.92. The van der Waals surface area contributed by atoms with Crippen LogP contribution in [0.3, 0.4) is 0 Å². The quantitative estimate of drug-likeness (QED) is 0.693. The lowest BCUT2D eigenvalue weighted by atomic mass is 10.1. The van der Waals surface area contributed by atoms with Crippen molar-refractivity contribution in [2.24, 2.45) is 0 Å². The minimum atomic E-state index is -0.602. The standard InChI is InChI=1S/C13H11ClN2O3S/c1-8-2-4-9(5-3-8)7-15-13(17)11-6-10(16(18)19)12(14)20-11/h2-6H,7H2,1H3,(H,15,17). The van der Waals surface area contributed by atoms with Gasteiger partial charge in [-0.3, -0.25) is 14.9 Å². The molecule has 0 fully saturated rings. The molecule has 0 radical (unpaired) electrons. The average Bonchev–Trinajstić information content (AvgIpc) is 2.80. The Morgan fingerprint density at radius 3 is 2.60 bits per heavy atom. The lowest BCUT2D eigenvalue weighted by molar-refractivity contribution is -0.384. The minimum Gasteiger partial charge on any atom is -0.347 e. The summed E-state index contributed by atoms with van der Waals surface area (Å²) in [6, 6.07) is 8.93. The number of hydrogen-bond acceptors (Lipinski definition) is 4. The van der Waals surface area contributed by atoms with E-state index in [1.54, 1.807) is 0 Å². The Morgan fingerprint density at radius 2 is 2.05 bits per heavy atom. The first-order chi connectivity index (χ1) is 9.47. The average molecular weight is 311 g/mol. The molecule has 20 heavy (non-hydrogen) atoms. The summed E-state index contributed by atoms with van der Waals surface area (Å²) >= 11 is 6.62. The summed E-state index contributed by atoms with van der Waals surface area (Å²) in [5.74, 6) is -0.370. The smallest absolute Gasteiger partial charge is 0.299 e. The van der Waals surface area contributed by atoms with Gasteiger partial charge in [0.1, 0.15) is 4.88 Å². The minimum absolute atomic E-state index is 0.00971. The van der Waals surface area contributed by atoms with Crippen LogP contribution in [0, 0.1) is 17.0 Å². The van der Waals surface area contributed by atoms with Crippen LogP contribution in [0.5, 0.6) is 0 Å². The molecule has 0 saturated carbocycles. The molecule has 1 aromatic heterocycles. The highest BCUT2D eigenvalue weighted by molar-refractivity contribution is 7.18. The van der Waals surface area contributed by atoms with Crippen LogP contribution in [0.2, 0.25) is 4.34 Å². The van der Waals surface area contributed by atoms with E-state index in [0.29, 0.717) is 6.54 Å². The van der Waals surface area contributed by atoms with Crippen LogP contribution >= 0.6 is 22.9 Å². The molecule has 1 heterocycles. The number of carbonyl (C=O) groups excluding carboxylic acids is 1. The van der Waals surface area contributed by atoms with Crippen LogP contribution in [-0.4, -0.2) is 10.8 Å². The van der Waals surface area contributed by atoms with Gasteiger partial charge in [0.25, 0.3) is 11.6 Å². The number of nitro groups is 1. The molecule has 0 aliphatic carbocycles. The van der Waals surface area contributed by atoms with Gasteiger partial charge in [-0.2, -0.15) is 0 Å². The lowest BCUT2D eigenvalue weighted by Crippen LogP contribution is -2.21. The van der Waals surface area contributed by atoms with E-state index in [2.05, 4.69) is 5.32 Å². The highest BCUT2D eigenvalue weighted by Crippen LogP contribution is 2.33. The second-order valence-corrected chi connectivity index (χ2v) is 5.85. The summed E-state index contributed by atoms with van der Waals surface area (Å²) in [6.07, 6.45) is 0. The van der Waals surface area contributed by atoms with Gasteiger partial charge in [0, 0.05) is 12.6 Å². The predicted molar refractivity (Wildman–Crippen MR) is 78.3 cm³/mol. The molecule has 2 aromatic rings. The zero-order chi connectivity index (χ0) is 14.7. The van der Waals surface area contributed by atoms with Gasteiger partial charge in [0.15, 0.2) is 4.34 Å². The van der Waals surface area contributed by atoms with Crippen molar-refractivity contribution in [3.63, 3.8) is 0 Å². The fraction of sp³-hybridized carbons (Fsp3) is 0.154. The second kappa shape index (κ2) is 6.02. The fourth-order valence-electron chi connectivity index (χ4n) is 1.57. The van der Waals surface area contributed by atoms with Crippen LogP contribution in [0.4, 0.5) is 5.69 Å². The number of nitrogens with zero attached hydrogens (tertiary/aromatic N) is 1. The molecule has 0 atom stereocenters. The second-order valence-electron chi connectivity index (χ2n) is 4.19. The number of halogens is 1. The Balaban J connectivity index is 2.03. The summed E-state index contributed by atoms with van der Waals surface area (Å²) < 4.78 is 0.00971. The molecule has 2 rings (SSSR count). The van der Waals surface area contributed by atoms with Crippen LogP contribution in [0.15, 0.2) is 30.3 Å². The van der Waals surface area contributed by atoms with Crippen molar-refractivity contribution >= 4 is 34.5 Å². The van der Waals surface area contributed by atoms with E-state index >= 15 is 0 Å². The first kappa shape index (κ1) is 14.5. The Morgan fingerprint density at radius 1 is 1.40 bits per heavy atom. The van der Waals surface area contributed by atoms with Crippen molar-refractivity contribution in [2.75, 3.05) is 0 Å². The third-order valence-electron chi connectivity index (χ3n) is 2.66. The zero-order valence-electron chi connectivity index (χ0n) is 10.6. The summed E-state index contributed by atoms with van der Waals surface area (Å²) in [7, 11) is 0. The van der Waals surface area contributed by atoms with Crippen molar-refractivity contribution in [3.8, 4) is 0 Å². The van der Waals surface area contributed by atoms with Crippen molar-refractivity contribution in [1.82, 2.24) is 5.32 Å². The normalized spacial score (nSPS) is 10.3. The number of thiophene rings is 1. The molecule has 1 aromatic carbocycles. The van der Waals surface area contributed by atoms with Crippen LogP contribution < -0.4 is 5.32 Å². The monoisotopic (exact) mass is 310 g/mol. The molecular formula is C13H11ClN2O3S. The van der Waals surface area contributed by atoms with Gasteiger partial charge < -0.3 is 5.32 Å². The van der Waals surface area contributed by atoms with Crippen LogP contribution in [-0.2, 0) is 6.54 Å². The highest BCUT2D eigenvalue weighted by atomic mass is 35.5. The van der Waals surface area contributed by atoms with Gasteiger partial charge in [-0.1, -0.05) is 41.4 Å². The Labute approximate surface area is 124 Å². The molecule has 0 aliphatic rings. The molecule has 5 nitrogen and oxygen atoms in total. The third-order valence-corrected chi connectivity index (χ3v) is 4.00. The number of amides is 1. The number of carbonyl (C=O) groups is 1. The van der Waals surface area contributed by atoms with Crippen molar-refractivity contribution in [3.05, 3.63) is 60.8 Å². The van der Waals surface area contributed by atoms with Crippen LogP contribution in [0.1, 0.15) is 20.8 Å². The summed E-state index contributed by atoms with van der Waals surface area (Å²) in [5, 5.41) is 13.4. The van der Waals surface area contributed by atoms with Gasteiger partial charge in [-0.05, 0) is 12.5 Å². The van der Waals surface area contributed by atoms with E-state index in [4.69, 9.17) is 11.6 Å². The molecule has 0 unspecified atom stereocenters. The number of benzene rings is 1. The number of aryl methyl sites for hydroxylation is 1. The number of nitrogens with one attached hydrogen (secondary N) is 1. The van der Waals surface area contributed by atoms with Crippen molar-refractivity contribution in [2.45, 2.75) is 13.5 Å². The molecule has 0 bridgehead atoms. The predicted octanol–water partition coefficient (Wildman–Crippen LogP) is 3.55. The van der Waals surface area contributed by atoms with Crippen molar-refractivity contribution in [1.29, 1.82) is 0 Å². The van der Waals surface area contributed by atoms with E-state index in [0.717, 1.165) is 22.5 Å². The first-order valence-corrected chi connectivity index (χ1v) is 6.94. The topological polar surface area (TPSA) is 72.2 Å². The zero-order valence-corrected chi connectivity index (χ0v) is 12.1.